The van der Waals surface area contributed by atoms with Gasteiger partial charge in [0.25, 0.3) is 11.1 Å². The second-order valence-electron chi connectivity index (χ2n) is 5.53. The Morgan fingerprint density at radius 3 is 2.60 bits per heavy atom. The number of benzene rings is 1. The summed E-state index contributed by atoms with van der Waals surface area (Å²) < 4.78 is 0. The minimum Gasteiger partial charge on any atom is -0.282 e. The summed E-state index contributed by atoms with van der Waals surface area (Å²) in [5.41, 5.74) is 3.50. The first-order valence-electron chi connectivity index (χ1n) is 7.43. The van der Waals surface area contributed by atoms with E-state index in [1.165, 1.54) is 23.2 Å². The van der Waals surface area contributed by atoms with E-state index in [0.29, 0.717) is 15.7 Å². The molecule has 1 fully saturated rings. The number of hydrogen-bond donors (Lipinski definition) is 1. The molecular weight excluding hydrogens is 358 g/mol. The van der Waals surface area contributed by atoms with Gasteiger partial charge in [-0.3, -0.25) is 24.6 Å². The number of hydrogen-bond acceptors (Lipinski definition) is 6. The fourth-order valence-corrected chi connectivity index (χ4v) is 3.80. The van der Waals surface area contributed by atoms with Crippen molar-refractivity contribution in [3.05, 3.63) is 45.3 Å². The standard InChI is InChI=1S/C17H15N3O3S2/c1-9-4-5-13(6-10(9)2)20(11(3)21)16-18-12(8-24-16)7-14-15(22)19-17(23)25-14/h4-8H,1-3H3,(H,19,22,23)/b14-7-. The number of nitrogens with zero attached hydrogens (tertiary/aromatic N) is 2. The predicted molar refractivity (Wildman–Crippen MR) is 100.0 cm³/mol. The predicted octanol–water partition coefficient (Wildman–Crippen LogP) is 3.77. The van der Waals surface area contributed by atoms with E-state index in [-0.39, 0.29) is 5.91 Å². The molecule has 1 aromatic heterocycles. The molecule has 1 N–H and O–H groups in total. The molecule has 0 saturated carbocycles. The van der Waals surface area contributed by atoms with Crippen molar-refractivity contribution in [1.82, 2.24) is 10.3 Å². The average Bonchev–Trinajstić information content (AvgIpc) is 3.10. The molecule has 25 heavy (non-hydrogen) atoms. The van der Waals surface area contributed by atoms with Gasteiger partial charge in [-0.25, -0.2) is 4.98 Å². The SMILES string of the molecule is CC(=O)N(c1ccc(C)c(C)c1)c1nc(/C=C2\SC(=O)NC2=O)cs1. The topological polar surface area (TPSA) is 79.4 Å². The zero-order valence-electron chi connectivity index (χ0n) is 13.8. The summed E-state index contributed by atoms with van der Waals surface area (Å²) in [7, 11) is 0. The van der Waals surface area contributed by atoms with Crippen LogP contribution < -0.4 is 10.2 Å². The van der Waals surface area contributed by atoms with Crippen LogP contribution in [0, 0.1) is 13.8 Å². The molecule has 8 heteroatoms. The molecule has 1 aliphatic rings. The van der Waals surface area contributed by atoms with Crippen LogP contribution in [0.15, 0.2) is 28.5 Å². The minimum atomic E-state index is -0.429. The Morgan fingerprint density at radius 1 is 1.24 bits per heavy atom. The Morgan fingerprint density at radius 2 is 2.00 bits per heavy atom. The average molecular weight is 373 g/mol. The molecule has 0 radical (unpaired) electrons. The van der Waals surface area contributed by atoms with Crippen LogP contribution in [0.25, 0.3) is 6.08 Å². The summed E-state index contributed by atoms with van der Waals surface area (Å²) in [6, 6.07) is 5.78. The van der Waals surface area contributed by atoms with E-state index in [0.717, 1.165) is 28.6 Å². The number of aromatic nitrogens is 1. The maximum absolute atomic E-state index is 12.2. The third-order valence-electron chi connectivity index (χ3n) is 3.69. The molecule has 0 unspecified atom stereocenters. The van der Waals surface area contributed by atoms with Gasteiger partial charge in [-0.15, -0.1) is 11.3 Å². The Bertz CT molecular complexity index is 918. The number of carbonyl (C=O) groups is 3. The molecule has 3 amide bonds. The van der Waals surface area contributed by atoms with Crippen molar-refractivity contribution >= 4 is 57.0 Å². The number of anilines is 2. The molecule has 0 atom stereocenters. The van der Waals surface area contributed by atoms with Crippen LogP contribution in [0.4, 0.5) is 15.6 Å². The normalized spacial score (nSPS) is 15.6. The van der Waals surface area contributed by atoms with E-state index in [2.05, 4.69) is 10.3 Å². The van der Waals surface area contributed by atoms with Gasteiger partial charge in [0, 0.05) is 12.3 Å². The second kappa shape index (κ2) is 6.81. The Hall–Kier alpha value is -2.45. The van der Waals surface area contributed by atoms with Crippen molar-refractivity contribution in [3.63, 3.8) is 0 Å². The summed E-state index contributed by atoms with van der Waals surface area (Å²) in [4.78, 5) is 41.2. The molecule has 2 heterocycles. The van der Waals surface area contributed by atoms with E-state index in [4.69, 9.17) is 0 Å². The van der Waals surface area contributed by atoms with Crippen LogP contribution in [-0.2, 0) is 9.59 Å². The molecule has 0 spiro atoms. The maximum Gasteiger partial charge on any atom is 0.290 e. The lowest BCUT2D eigenvalue weighted by Gasteiger charge is -2.19. The van der Waals surface area contributed by atoms with Gasteiger partial charge >= 0.3 is 0 Å². The van der Waals surface area contributed by atoms with Gasteiger partial charge in [0.1, 0.15) is 0 Å². The summed E-state index contributed by atoms with van der Waals surface area (Å²) in [6.07, 6.45) is 1.55. The number of carbonyl (C=O) groups excluding carboxylic acids is 3. The minimum absolute atomic E-state index is 0.153. The largest absolute Gasteiger partial charge is 0.290 e. The van der Waals surface area contributed by atoms with Crippen LogP contribution >= 0.6 is 23.1 Å². The number of thioether (sulfide) groups is 1. The van der Waals surface area contributed by atoms with Gasteiger partial charge in [-0.2, -0.15) is 0 Å². The van der Waals surface area contributed by atoms with E-state index in [1.807, 2.05) is 32.0 Å². The Balaban J connectivity index is 1.94. The molecular formula is C17H15N3O3S2. The van der Waals surface area contributed by atoms with Gasteiger partial charge in [0.05, 0.1) is 16.3 Å². The highest BCUT2D eigenvalue weighted by molar-refractivity contribution is 8.18. The van der Waals surface area contributed by atoms with Gasteiger partial charge in [0.15, 0.2) is 5.13 Å². The van der Waals surface area contributed by atoms with Crippen LogP contribution in [0.1, 0.15) is 23.7 Å². The van der Waals surface area contributed by atoms with Crippen LogP contribution in [0.3, 0.4) is 0 Å². The number of rotatable bonds is 3. The maximum atomic E-state index is 12.2. The van der Waals surface area contributed by atoms with Gasteiger partial charge in [-0.1, -0.05) is 6.07 Å². The van der Waals surface area contributed by atoms with Crippen molar-refractivity contribution < 1.29 is 14.4 Å². The molecule has 1 aromatic carbocycles. The number of amides is 3. The molecule has 2 aromatic rings. The van der Waals surface area contributed by atoms with Gasteiger partial charge in [-0.05, 0) is 54.9 Å². The highest BCUT2D eigenvalue weighted by atomic mass is 32.2. The first kappa shape index (κ1) is 17.4. The lowest BCUT2D eigenvalue weighted by atomic mass is 10.1. The summed E-state index contributed by atoms with van der Waals surface area (Å²) in [6.45, 7) is 5.48. The highest BCUT2D eigenvalue weighted by Gasteiger charge is 2.25. The van der Waals surface area contributed by atoms with E-state index >= 15 is 0 Å². The zero-order valence-corrected chi connectivity index (χ0v) is 15.5. The second-order valence-corrected chi connectivity index (χ2v) is 7.38. The third kappa shape index (κ3) is 3.64. The zero-order chi connectivity index (χ0) is 18.1. The lowest BCUT2D eigenvalue weighted by molar-refractivity contribution is -0.116. The Kier molecular flexibility index (Phi) is 4.73. The van der Waals surface area contributed by atoms with E-state index in [1.54, 1.807) is 11.5 Å². The van der Waals surface area contributed by atoms with Gasteiger partial charge in [0.2, 0.25) is 5.91 Å². The molecule has 1 saturated heterocycles. The smallest absolute Gasteiger partial charge is 0.282 e. The summed E-state index contributed by atoms with van der Waals surface area (Å²) in [5.74, 6) is -0.581. The fraction of sp³-hybridized carbons (Fsp3) is 0.176. The highest BCUT2D eigenvalue weighted by Crippen LogP contribution is 2.32. The Labute approximate surface area is 152 Å². The monoisotopic (exact) mass is 373 g/mol. The fourth-order valence-electron chi connectivity index (χ4n) is 2.29. The van der Waals surface area contributed by atoms with Crippen molar-refractivity contribution in [2.75, 3.05) is 4.90 Å². The molecule has 0 bridgehead atoms. The summed E-state index contributed by atoms with van der Waals surface area (Å²) >= 11 is 2.14. The third-order valence-corrected chi connectivity index (χ3v) is 5.34. The quantitative estimate of drug-likeness (QED) is 0.829. The lowest BCUT2D eigenvalue weighted by Crippen LogP contribution is -2.22. The van der Waals surface area contributed by atoms with Gasteiger partial charge < -0.3 is 0 Å². The first-order valence-corrected chi connectivity index (χ1v) is 9.13. The van der Waals surface area contributed by atoms with Crippen molar-refractivity contribution in [2.45, 2.75) is 20.8 Å². The number of imide groups is 1. The van der Waals surface area contributed by atoms with Crippen LogP contribution in [0.2, 0.25) is 0 Å². The molecule has 3 rings (SSSR count). The number of nitrogens with one attached hydrogen (secondary N) is 1. The van der Waals surface area contributed by atoms with Crippen molar-refractivity contribution in [1.29, 1.82) is 0 Å². The number of aryl methyl sites for hydroxylation is 2. The molecule has 128 valence electrons. The summed E-state index contributed by atoms with van der Waals surface area (Å²) in [5, 5.41) is 4.06. The van der Waals surface area contributed by atoms with E-state index < -0.39 is 11.1 Å². The molecule has 0 aliphatic carbocycles. The van der Waals surface area contributed by atoms with Crippen LogP contribution in [0.5, 0.6) is 0 Å². The first-order chi connectivity index (χ1) is 11.8. The van der Waals surface area contributed by atoms with E-state index in [9.17, 15) is 14.4 Å². The van der Waals surface area contributed by atoms with Crippen molar-refractivity contribution in [2.24, 2.45) is 0 Å². The van der Waals surface area contributed by atoms with Crippen molar-refractivity contribution in [3.8, 4) is 0 Å². The molecule has 6 nitrogen and oxygen atoms in total. The van der Waals surface area contributed by atoms with Crippen LogP contribution in [-0.4, -0.2) is 22.0 Å². The molecule has 1 aliphatic heterocycles. The number of thiazole rings is 1.